The quantitative estimate of drug-likeness (QED) is 0.515. The molecule has 0 radical (unpaired) electrons. The van der Waals surface area contributed by atoms with Gasteiger partial charge in [-0.15, -0.1) is 0 Å². The van der Waals surface area contributed by atoms with Gasteiger partial charge in [0.2, 0.25) is 0 Å². The number of aryl methyl sites for hydroxylation is 2. The van der Waals surface area contributed by atoms with Crippen molar-refractivity contribution in [3.63, 3.8) is 0 Å². The Hall–Kier alpha value is -3.34. The third-order valence-corrected chi connectivity index (χ3v) is 4.66. The first-order valence-electron chi connectivity index (χ1n) is 10.1. The van der Waals surface area contributed by atoms with Gasteiger partial charge >= 0.3 is 0 Å². The fourth-order valence-corrected chi connectivity index (χ4v) is 2.96. The van der Waals surface area contributed by atoms with Gasteiger partial charge in [0.15, 0.2) is 5.78 Å². The average Bonchev–Trinajstić information content (AvgIpc) is 3.05. The summed E-state index contributed by atoms with van der Waals surface area (Å²) in [6.45, 7) is -0.250. The lowest BCUT2D eigenvalue weighted by Gasteiger charge is -2.06. The smallest absolute Gasteiger partial charge is 0.168 e. The molecule has 0 spiro atoms. The van der Waals surface area contributed by atoms with Gasteiger partial charge in [0.25, 0.3) is 0 Å². The molecule has 0 saturated heterocycles. The van der Waals surface area contributed by atoms with Crippen LogP contribution in [0.2, 0.25) is 0 Å². The lowest BCUT2D eigenvalue weighted by molar-refractivity contribution is 0.0992. The largest absolute Gasteiger partial charge is 0.330 e. The number of fused-ring (bicyclic) bond motifs is 1. The predicted molar refractivity (Wildman–Crippen MR) is 106 cm³/mol. The number of imidazole rings is 1. The predicted octanol–water partition coefficient (Wildman–Crippen LogP) is 4.07. The van der Waals surface area contributed by atoms with Crippen molar-refractivity contribution in [3.05, 3.63) is 77.5 Å². The number of carbonyl (C=O) groups excluding carboxylic acids is 1. The molecule has 1 aromatic carbocycles. The molecule has 0 aliphatic rings. The number of carbonyl (C=O) groups is 1. The molecule has 0 amide bonds. The van der Waals surface area contributed by atoms with Crippen LogP contribution in [0.25, 0.3) is 22.3 Å². The van der Waals surface area contributed by atoms with Crippen LogP contribution in [0.15, 0.2) is 54.9 Å². The monoisotopic (exact) mass is 359 g/mol. The lowest BCUT2D eigenvalue weighted by atomic mass is 10.0. The Labute approximate surface area is 162 Å². The molecule has 4 rings (SSSR count). The van der Waals surface area contributed by atoms with E-state index in [4.69, 9.17) is 9.10 Å². The molecular formula is C22H20N4O. The van der Waals surface area contributed by atoms with E-state index in [-0.39, 0.29) is 17.8 Å². The Bertz CT molecular complexity index is 1240. The molecule has 3 aromatic heterocycles. The van der Waals surface area contributed by atoms with Gasteiger partial charge in [-0.05, 0) is 32.0 Å². The highest BCUT2D eigenvalue weighted by atomic mass is 16.1. The van der Waals surface area contributed by atoms with Crippen LogP contribution in [0.4, 0.5) is 0 Å². The average molecular weight is 359 g/mol. The SMILES string of the molecule is [2H]C([2H])([2H])c1ccc(C(=O)Cc2cc3nc(-c4cnc(C)n4C)ccc3cn2)cc1. The van der Waals surface area contributed by atoms with Crippen LogP contribution in [0.3, 0.4) is 0 Å². The molecule has 0 bridgehead atoms. The summed E-state index contributed by atoms with van der Waals surface area (Å²) in [7, 11) is 1.94. The van der Waals surface area contributed by atoms with E-state index in [1.165, 1.54) is 12.1 Å². The summed E-state index contributed by atoms with van der Waals surface area (Å²) in [6.07, 6.45) is 3.61. The van der Waals surface area contributed by atoms with Crippen molar-refractivity contribution in [2.24, 2.45) is 7.05 Å². The molecule has 0 N–H and O–H groups in total. The van der Waals surface area contributed by atoms with Crippen molar-refractivity contribution >= 4 is 16.7 Å². The Balaban J connectivity index is 1.60. The summed E-state index contributed by atoms with van der Waals surface area (Å²) in [5, 5.41) is 0.885. The van der Waals surface area contributed by atoms with E-state index in [0.29, 0.717) is 11.3 Å². The van der Waals surface area contributed by atoms with Crippen LogP contribution in [-0.4, -0.2) is 25.3 Å². The number of hydrogen-bond acceptors (Lipinski definition) is 4. The number of nitrogens with zero attached hydrogens (tertiary/aromatic N) is 4. The molecule has 0 aliphatic carbocycles. The second kappa shape index (κ2) is 6.76. The van der Waals surface area contributed by atoms with E-state index in [0.717, 1.165) is 28.1 Å². The summed E-state index contributed by atoms with van der Waals surface area (Å²) in [6, 6.07) is 11.7. The maximum atomic E-state index is 12.6. The van der Waals surface area contributed by atoms with Crippen molar-refractivity contribution in [1.82, 2.24) is 19.5 Å². The van der Waals surface area contributed by atoms with Gasteiger partial charge in [0.1, 0.15) is 5.82 Å². The van der Waals surface area contributed by atoms with Crippen LogP contribution < -0.4 is 0 Å². The number of aromatic nitrogens is 4. The van der Waals surface area contributed by atoms with Crippen molar-refractivity contribution in [1.29, 1.82) is 0 Å². The molecular weight excluding hydrogens is 336 g/mol. The molecule has 4 aromatic rings. The van der Waals surface area contributed by atoms with Crippen LogP contribution in [0, 0.1) is 13.8 Å². The van der Waals surface area contributed by atoms with Crippen molar-refractivity contribution in [2.75, 3.05) is 0 Å². The van der Waals surface area contributed by atoms with E-state index in [1.54, 1.807) is 24.5 Å². The number of hydrogen-bond donors (Lipinski definition) is 0. The second-order valence-corrected chi connectivity index (χ2v) is 6.49. The molecule has 27 heavy (non-hydrogen) atoms. The van der Waals surface area contributed by atoms with Crippen molar-refractivity contribution in [3.8, 4) is 11.4 Å². The third-order valence-electron chi connectivity index (χ3n) is 4.66. The third kappa shape index (κ3) is 3.36. The maximum absolute atomic E-state index is 12.6. The summed E-state index contributed by atoms with van der Waals surface area (Å²) in [5.74, 6) is 0.773. The van der Waals surface area contributed by atoms with E-state index in [1.807, 2.05) is 36.7 Å². The molecule has 0 fully saturated rings. The number of benzene rings is 1. The zero-order valence-electron chi connectivity index (χ0n) is 18.1. The minimum atomic E-state index is -2.18. The highest BCUT2D eigenvalue weighted by Crippen LogP contribution is 2.22. The van der Waals surface area contributed by atoms with E-state index >= 15 is 0 Å². The highest BCUT2D eigenvalue weighted by molar-refractivity contribution is 5.97. The molecule has 3 heterocycles. The normalized spacial score (nSPS) is 13.2. The standard InChI is InChI=1S/C22H20N4O/c1-14-4-6-16(7-5-14)22(27)11-18-10-20-17(12-24-18)8-9-19(25-20)21-13-23-15(2)26(21)3/h4-10,12-13H,11H2,1-3H3/i1D3. The van der Waals surface area contributed by atoms with Gasteiger partial charge in [-0.1, -0.05) is 29.8 Å². The van der Waals surface area contributed by atoms with E-state index in [9.17, 15) is 4.79 Å². The zero-order valence-corrected chi connectivity index (χ0v) is 15.1. The Morgan fingerprint density at radius 1 is 1.11 bits per heavy atom. The summed E-state index contributed by atoms with van der Waals surface area (Å²) in [5.41, 5.74) is 3.75. The molecule has 134 valence electrons. The lowest BCUT2D eigenvalue weighted by Crippen LogP contribution is -2.05. The van der Waals surface area contributed by atoms with Crippen LogP contribution in [0.5, 0.6) is 0 Å². The summed E-state index contributed by atoms with van der Waals surface area (Å²) < 4.78 is 24.3. The Morgan fingerprint density at radius 2 is 1.93 bits per heavy atom. The molecule has 0 unspecified atom stereocenters. The molecule has 5 heteroatoms. The minimum absolute atomic E-state index is 0.111. The van der Waals surface area contributed by atoms with Gasteiger partial charge < -0.3 is 4.57 Å². The van der Waals surface area contributed by atoms with Crippen LogP contribution in [0.1, 0.15) is 31.6 Å². The molecule has 0 atom stereocenters. The number of Topliss-reactive ketones (excluding diaryl/α,β-unsaturated/α-hetero) is 1. The van der Waals surface area contributed by atoms with Gasteiger partial charge in [-0.3, -0.25) is 9.78 Å². The highest BCUT2D eigenvalue weighted by Gasteiger charge is 2.11. The van der Waals surface area contributed by atoms with Gasteiger partial charge in [-0.25, -0.2) is 9.97 Å². The summed E-state index contributed by atoms with van der Waals surface area (Å²) in [4.78, 5) is 26.1. The first-order chi connectivity index (χ1) is 14.2. The topological polar surface area (TPSA) is 60.7 Å². The Morgan fingerprint density at radius 3 is 2.63 bits per heavy atom. The zero-order chi connectivity index (χ0) is 21.5. The minimum Gasteiger partial charge on any atom is -0.330 e. The molecule has 0 saturated carbocycles. The fourth-order valence-electron chi connectivity index (χ4n) is 2.96. The number of rotatable bonds is 4. The molecule has 5 nitrogen and oxygen atoms in total. The van der Waals surface area contributed by atoms with Crippen LogP contribution >= 0.6 is 0 Å². The van der Waals surface area contributed by atoms with Crippen LogP contribution in [-0.2, 0) is 13.5 Å². The van der Waals surface area contributed by atoms with Gasteiger partial charge in [0.05, 0.1) is 35.2 Å². The van der Waals surface area contributed by atoms with Gasteiger partial charge in [-0.2, -0.15) is 0 Å². The van der Waals surface area contributed by atoms with E-state index < -0.39 is 6.85 Å². The fraction of sp³-hybridized carbons (Fsp3) is 0.182. The van der Waals surface area contributed by atoms with E-state index in [2.05, 4.69) is 9.97 Å². The Kier molecular flexibility index (Phi) is 3.46. The number of pyridine rings is 2. The van der Waals surface area contributed by atoms with Crippen molar-refractivity contribution in [2.45, 2.75) is 20.2 Å². The molecule has 0 aliphatic heterocycles. The van der Waals surface area contributed by atoms with Crippen molar-refractivity contribution < 1.29 is 8.91 Å². The second-order valence-electron chi connectivity index (χ2n) is 6.49. The summed E-state index contributed by atoms with van der Waals surface area (Å²) >= 11 is 0. The first-order valence-corrected chi connectivity index (χ1v) is 8.60. The number of ketones is 1. The first kappa shape index (κ1) is 13.8. The maximum Gasteiger partial charge on any atom is 0.168 e. The van der Waals surface area contributed by atoms with Gasteiger partial charge in [0, 0.05) is 28.3 Å².